The van der Waals surface area contributed by atoms with Crippen molar-refractivity contribution in [1.82, 2.24) is 16.0 Å². The number of hydrogen-bond donors (Lipinski definition) is 3. The van der Waals surface area contributed by atoms with Gasteiger partial charge in [-0.15, -0.1) is 11.8 Å². The quantitative estimate of drug-likeness (QED) is 0.347. The predicted molar refractivity (Wildman–Crippen MR) is 124 cm³/mol. The average molecular weight is 413 g/mol. The van der Waals surface area contributed by atoms with Gasteiger partial charge in [0, 0.05) is 36.6 Å². The molecule has 1 amide bonds. The number of nitrogens with one attached hydrogen (secondary N) is 3. The molecule has 0 spiro atoms. The number of amides is 1. The lowest BCUT2D eigenvalue weighted by Gasteiger charge is -2.14. The molecule has 3 N–H and O–H groups in total. The third kappa shape index (κ3) is 7.13. The minimum atomic E-state index is -0.0287. The smallest absolute Gasteiger partial charge is 0.251 e. The van der Waals surface area contributed by atoms with E-state index >= 15 is 0 Å². The molecule has 29 heavy (non-hydrogen) atoms. The van der Waals surface area contributed by atoms with Gasteiger partial charge in [-0.2, -0.15) is 0 Å². The van der Waals surface area contributed by atoms with E-state index < -0.39 is 0 Å². The zero-order chi connectivity index (χ0) is 21.2. The molecule has 1 atom stereocenters. The molecule has 2 aromatic rings. The largest absolute Gasteiger partial charge is 0.352 e. The first-order chi connectivity index (χ1) is 14.0. The van der Waals surface area contributed by atoms with Crippen LogP contribution in [0.5, 0.6) is 0 Å². The number of hydrogen-bond acceptors (Lipinski definition) is 3. The summed E-state index contributed by atoms with van der Waals surface area (Å²) < 4.78 is 0. The van der Waals surface area contributed by atoms with Gasteiger partial charge in [-0.25, -0.2) is 0 Å². The summed E-state index contributed by atoms with van der Waals surface area (Å²) in [6.45, 7) is 7.52. The Morgan fingerprint density at radius 2 is 1.79 bits per heavy atom. The first kappa shape index (κ1) is 22.8. The number of carbonyl (C=O) groups excluding carboxylic acids is 1. The van der Waals surface area contributed by atoms with E-state index in [2.05, 4.69) is 59.2 Å². The molecule has 0 radical (unpaired) electrons. The first-order valence-electron chi connectivity index (χ1n) is 9.94. The Morgan fingerprint density at radius 3 is 2.41 bits per heavy atom. The molecule has 0 aromatic heterocycles. The van der Waals surface area contributed by atoms with Crippen molar-refractivity contribution in [3.63, 3.8) is 0 Å². The third-order valence-electron chi connectivity index (χ3n) is 4.78. The number of aryl methyl sites for hydroxylation is 1. The van der Waals surface area contributed by atoms with E-state index in [9.17, 15) is 4.79 Å². The van der Waals surface area contributed by atoms with Crippen molar-refractivity contribution >= 4 is 23.6 Å². The summed E-state index contributed by atoms with van der Waals surface area (Å²) in [5, 5.41) is 9.68. The molecule has 156 valence electrons. The highest BCUT2D eigenvalue weighted by atomic mass is 32.2. The van der Waals surface area contributed by atoms with Crippen LogP contribution in [0.25, 0.3) is 0 Å². The van der Waals surface area contributed by atoms with Crippen LogP contribution in [0.2, 0.25) is 0 Å². The zero-order valence-corrected chi connectivity index (χ0v) is 18.8. The number of thioether (sulfide) groups is 1. The molecular formula is C23H32N4OS. The molecule has 0 aliphatic carbocycles. The van der Waals surface area contributed by atoms with E-state index in [-0.39, 0.29) is 11.9 Å². The molecule has 0 saturated heterocycles. The second-order valence-electron chi connectivity index (χ2n) is 7.07. The fourth-order valence-corrected chi connectivity index (χ4v) is 3.47. The van der Waals surface area contributed by atoms with Gasteiger partial charge < -0.3 is 16.0 Å². The second kappa shape index (κ2) is 11.5. The van der Waals surface area contributed by atoms with Crippen LogP contribution in [0.3, 0.4) is 0 Å². The number of nitrogens with zero attached hydrogens (tertiary/aromatic N) is 1. The van der Waals surface area contributed by atoms with Crippen molar-refractivity contribution < 1.29 is 4.79 Å². The van der Waals surface area contributed by atoms with Crippen LogP contribution in [-0.2, 0) is 13.1 Å². The van der Waals surface area contributed by atoms with Crippen LogP contribution in [0.15, 0.2) is 52.4 Å². The predicted octanol–water partition coefficient (Wildman–Crippen LogP) is 4.11. The number of benzene rings is 2. The maximum atomic E-state index is 12.2. The van der Waals surface area contributed by atoms with E-state index in [1.54, 1.807) is 18.8 Å². The molecule has 6 heteroatoms. The summed E-state index contributed by atoms with van der Waals surface area (Å²) in [5.74, 6) is 0.718. The number of carbonyl (C=O) groups is 1. The van der Waals surface area contributed by atoms with Crippen LogP contribution >= 0.6 is 11.8 Å². The minimum Gasteiger partial charge on any atom is -0.352 e. The van der Waals surface area contributed by atoms with Gasteiger partial charge in [0.1, 0.15) is 0 Å². The SMILES string of the molecule is CCC(C)NC(=O)c1ccc(CNC(=NC)NCc2ccc(C)cc2SC)cc1. The first-order valence-corrected chi connectivity index (χ1v) is 11.2. The summed E-state index contributed by atoms with van der Waals surface area (Å²) in [5.41, 5.74) is 4.29. The number of aliphatic imine (C=N–C) groups is 1. The Hall–Kier alpha value is -2.47. The molecule has 0 bridgehead atoms. The zero-order valence-electron chi connectivity index (χ0n) is 18.0. The minimum absolute atomic E-state index is 0.0287. The van der Waals surface area contributed by atoms with E-state index in [0.29, 0.717) is 18.7 Å². The van der Waals surface area contributed by atoms with Crippen LogP contribution in [0.4, 0.5) is 0 Å². The van der Waals surface area contributed by atoms with Crippen molar-refractivity contribution in [2.24, 2.45) is 4.99 Å². The van der Waals surface area contributed by atoms with Crippen LogP contribution in [0.1, 0.15) is 47.3 Å². The van der Waals surface area contributed by atoms with Crippen LogP contribution < -0.4 is 16.0 Å². The van der Waals surface area contributed by atoms with Gasteiger partial charge in [0.2, 0.25) is 0 Å². The van der Waals surface area contributed by atoms with Crippen molar-refractivity contribution in [2.45, 2.75) is 51.2 Å². The molecule has 0 aliphatic rings. The van der Waals surface area contributed by atoms with Gasteiger partial charge in [0.05, 0.1) is 0 Å². The summed E-state index contributed by atoms with van der Waals surface area (Å²) >= 11 is 1.75. The Labute approximate surface area is 178 Å². The molecule has 5 nitrogen and oxygen atoms in total. The number of guanidine groups is 1. The fraction of sp³-hybridized carbons (Fsp3) is 0.391. The normalized spacial score (nSPS) is 12.4. The standard InChI is InChI=1S/C23H32N4OS/c1-6-17(3)27-22(28)19-11-8-18(9-12-19)14-25-23(24-4)26-15-20-10-7-16(2)13-21(20)29-5/h7-13,17H,6,14-15H2,1-5H3,(H,27,28)(H2,24,25,26). The molecular weight excluding hydrogens is 380 g/mol. The van der Waals surface area contributed by atoms with Crippen LogP contribution in [0, 0.1) is 6.92 Å². The van der Waals surface area contributed by atoms with Gasteiger partial charge >= 0.3 is 0 Å². The highest BCUT2D eigenvalue weighted by Crippen LogP contribution is 2.21. The van der Waals surface area contributed by atoms with Crippen molar-refractivity contribution in [3.05, 3.63) is 64.7 Å². The Morgan fingerprint density at radius 1 is 1.10 bits per heavy atom. The van der Waals surface area contributed by atoms with Crippen molar-refractivity contribution in [2.75, 3.05) is 13.3 Å². The molecule has 0 fully saturated rings. The van der Waals surface area contributed by atoms with E-state index in [1.165, 1.54) is 16.0 Å². The molecule has 2 rings (SSSR count). The van der Waals surface area contributed by atoms with Gasteiger partial charge in [-0.1, -0.05) is 31.2 Å². The molecule has 1 unspecified atom stereocenters. The summed E-state index contributed by atoms with van der Waals surface area (Å²) in [4.78, 5) is 17.8. The Bertz CT molecular complexity index is 833. The lowest BCUT2D eigenvalue weighted by atomic mass is 10.1. The highest BCUT2D eigenvalue weighted by Gasteiger charge is 2.08. The van der Waals surface area contributed by atoms with Gasteiger partial charge in [0.25, 0.3) is 5.91 Å². The van der Waals surface area contributed by atoms with E-state index in [4.69, 9.17) is 0 Å². The maximum absolute atomic E-state index is 12.2. The monoisotopic (exact) mass is 412 g/mol. The lowest BCUT2D eigenvalue weighted by molar-refractivity contribution is 0.0939. The summed E-state index contributed by atoms with van der Waals surface area (Å²) in [6.07, 6.45) is 3.01. The third-order valence-corrected chi connectivity index (χ3v) is 5.60. The fourth-order valence-electron chi connectivity index (χ4n) is 2.77. The van der Waals surface area contributed by atoms with E-state index in [0.717, 1.165) is 17.9 Å². The maximum Gasteiger partial charge on any atom is 0.251 e. The Kier molecular flexibility index (Phi) is 9.06. The summed E-state index contributed by atoms with van der Waals surface area (Å²) in [6, 6.07) is 14.3. The topological polar surface area (TPSA) is 65.5 Å². The lowest BCUT2D eigenvalue weighted by Crippen LogP contribution is -2.36. The van der Waals surface area contributed by atoms with Crippen molar-refractivity contribution in [1.29, 1.82) is 0 Å². The highest BCUT2D eigenvalue weighted by molar-refractivity contribution is 7.98. The summed E-state index contributed by atoms with van der Waals surface area (Å²) in [7, 11) is 1.77. The number of rotatable bonds is 8. The van der Waals surface area contributed by atoms with E-state index in [1.807, 2.05) is 31.2 Å². The van der Waals surface area contributed by atoms with Gasteiger partial charge in [-0.3, -0.25) is 9.79 Å². The van der Waals surface area contributed by atoms with Gasteiger partial charge in [0.15, 0.2) is 5.96 Å². The Balaban J connectivity index is 1.88. The van der Waals surface area contributed by atoms with Crippen LogP contribution in [-0.4, -0.2) is 31.2 Å². The second-order valence-corrected chi connectivity index (χ2v) is 7.92. The van der Waals surface area contributed by atoms with Gasteiger partial charge in [-0.05, 0) is 61.4 Å². The molecule has 2 aromatic carbocycles. The molecule has 0 aliphatic heterocycles. The molecule has 0 heterocycles. The average Bonchev–Trinajstić information content (AvgIpc) is 2.74. The van der Waals surface area contributed by atoms with Crippen molar-refractivity contribution in [3.8, 4) is 0 Å². The molecule has 0 saturated carbocycles.